The molecule has 2 fully saturated rings. The van der Waals surface area contributed by atoms with Crippen LogP contribution in [0.25, 0.3) is 0 Å². The zero-order valence-corrected chi connectivity index (χ0v) is 12.2. The lowest BCUT2D eigenvalue weighted by molar-refractivity contribution is 0.0696. The number of hydrogen-bond acceptors (Lipinski definition) is 4. The molecule has 0 amide bonds. The fourth-order valence-corrected chi connectivity index (χ4v) is 3.66. The van der Waals surface area contributed by atoms with E-state index in [0.29, 0.717) is 17.3 Å². The number of carbonyl (C=O) groups is 1. The molecule has 3 heterocycles. The van der Waals surface area contributed by atoms with Gasteiger partial charge in [0.2, 0.25) is 0 Å². The first-order valence-corrected chi connectivity index (χ1v) is 7.34. The van der Waals surface area contributed by atoms with Crippen molar-refractivity contribution >= 4 is 11.8 Å². The molecule has 1 aromatic rings. The minimum Gasteiger partial charge on any atom is -0.477 e. The number of hydrogen-bond donors (Lipinski definition) is 1. The number of aromatic nitrogens is 2. The summed E-state index contributed by atoms with van der Waals surface area (Å²) in [5, 5.41) is 13.8. The predicted molar refractivity (Wildman–Crippen MR) is 76.3 cm³/mol. The fraction of sp³-hybridized carbons (Fsp3) is 0.714. The monoisotopic (exact) mass is 278 g/mol. The van der Waals surface area contributed by atoms with Crippen LogP contribution in [0.3, 0.4) is 0 Å². The molecular weight excluding hydrogens is 256 g/mol. The minimum absolute atomic E-state index is 0.360. The Morgan fingerprint density at radius 2 is 2.05 bits per heavy atom. The van der Waals surface area contributed by atoms with Crippen LogP contribution in [-0.4, -0.2) is 58.0 Å². The van der Waals surface area contributed by atoms with E-state index in [1.54, 1.807) is 11.6 Å². The van der Waals surface area contributed by atoms with Crippen LogP contribution < -0.4 is 4.90 Å². The number of fused-ring (bicyclic) bond motifs is 1. The van der Waals surface area contributed by atoms with Crippen molar-refractivity contribution in [2.45, 2.75) is 32.2 Å². The smallest absolute Gasteiger partial charge is 0.341 e. The van der Waals surface area contributed by atoms with Crippen LogP contribution >= 0.6 is 0 Å². The average Bonchev–Trinajstić information content (AvgIpc) is 2.87. The highest BCUT2D eigenvalue weighted by Gasteiger charge is 2.32. The van der Waals surface area contributed by atoms with Gasteiger partial charge < -0.3 is 10.0 Å². The molecule has 1 atom stereocenters. The number of nitrogens with zero attached hydrogens (tertiary/aromatic N) is 4. The molecule has 20 heavy (non-hydrogen) atoms. The highest BCUT2D eigenvalue weighted by molar-refractivity contribution is 5.94. The summed E-state index contributed by atoms with van der Waals surface area (Å²) in [5.41, 5.74) is 0.960. The van der Waals surface area contributed by atoms with E-state index in [4.69, 9.17) is 0 Å². The van der Waals surface area contributed by atoms with Gasteiger partial charge in [0.05, 0.1) is 5.69 Å². The number of aryl methyl sites for hydroxylation is 2. The Kier molecular flexibility index (Phi) is 3.41. The van der Waals surface area contributed by atoms with E-state index >= 15 is 0 Å². The van der Waals surface area contributed by atoms with Crippen molar-refractivity contribution in [3.63, 3.8) is 0 Å². The Hall–Kier alpha value is -1.56. The maximum absolute atomic E-state index is 11.5. The molecule has 0 aliphatic carbocycles. The van der Waals surface area contributed by atoms with Crippen LogP contribution in [-0.2, 0) is 7.05 Å². The van der Waals surface area contributed by atoms with Gasteiger partial charge in [-0.15, -0.1) is 0 Å². The second-order valence-corrected chi connectivity index (χ2v) is 5.84. The molecular formula is C14H22N4O2. The van der Waals surface area contributed by atoms with Crippen LogP contribution in [0.5, 0.6) is 0 Å². The summed E-state index contributed by atoms with van der Waals surface area (Å²) in [6, 6.07) is 0.564. The summed E-state index contributed by atoms with van der Waals surface area (Å²) in [6.45, 7) is 5.91. The van der Waals surface area contributed by atoms with Crippen molar-refractivity contribution in [2.75, 3.05) is 31.1 Å². The maximum atomic E-state index is 11.5. The van der Waals surface area contributed by atoms with E-state index in [2.05, 4.69) is 14.9 Å². The van der Waals surface area contributed by atoms with Gasteiger partial charge in [-0.3, -0.25) is 9.58 Å². The Morgan fingerprint density at radius 1 is 1.30 bits per heavy atom. The van der Waals surface area contributed by atoms with Crippen LogP contribution in [0.2, 0.25) is 0 Å². The second-order valence-electron chi connectivity index (χ2n) is 5.84. The summed E-state index contributed by atoms with van der Waals surface area (Å²) in [6.07, 6.45) is 3.56. The van der Waals surface area contributed by atoms with Gasteiger partial charge in [-0.05, 0) is 32.7 Å². The zero-order chi connectivity index (χ0) is 14.3. The largest absolute Gasteiger partial charge is 0.477 e. The van der Waals surface area contributed by atoms with Crippen molar-refractivity contribution in [3.05, 3.63) is 11.3 Å². The van der Waals surface area contributed by atoms with Gasteiger partial charge >= 0.3 is 5.97 Å². The number of carboxylic acids is 1. The van der Waals surface area contributed by atoms with Crippen LogP contribution in [0.4, 0.5) is 5.82 Å². The van der Waals surface area contributed by atoms with E-state index in [1.165, 1.54) is 19.4 Å². The standard InChI is InChI=1S/C14H22N4O2/c1-10-12(14(19)20)13(16(2)15-10)18-8-4-7-17-6-3-5-11(17)9-18/h11H,3-9H2,1-2H3,(H,19,20). The normalized spacial score (nSPS) is 23.7. The van der Waals surface area contributed by atoms with E-state index in [0.717, 1.165) is 31.9 Å². The molecule has 2 aliphatic heterocycles. The van der Waals surface area contributed by atoms with Crippen molar-refractivity contribution in [1.82, 2.24) is 14.7 Å². The molecule has 6 nitrogen and oxygen atoms in total. The molecule has 1 aromatic heterocycles. The quantitative estimate of drug-likeness (QED) is 0.878. The summed E-state index contributed by atoms with van der Waals surface area (Å²) in [4.78, 5) is 16.3. The predicted octanol–water partition coefficient (Wildman–Crippen LogP) is 1.10. The SMILES string of the molecule is Cc1nn(C)c(N2CCCN3CCCC3C2)c1C(=O)O. The Balaban J connectivity index is 1.94. The molecule has 3 rings (SSSR count). The average molecular weight is 278 g/mol. The Labute approximate surface area is 119 Å². The van der Waals surface area contributed by atoms with Gasteiger partial charge in [0.25, 0.3) is 0 Å². The maximum Gasteiger partial charge on any atom is 0.341 e. The van der Waals surface area contributed by atoms with E-state index in [9.17, 15) is 9.90 Å². The Morgan fingerprint density at radius 3 is 2.80 bits per heavy atom. The molecule has 2 aliphatic rings. The van der Waals surface area contributed by atoms with Crippen molar-refractivity contribution < 1.29 is 9.90 Å². The van der Waals surface area contributed by atoms with Crippen LogP contribution in [0.1, 0.15) is 35.3 Å². The lowest BCUT2D eigenvalue weighted by Gasteiger charge is -2.27. The van der Waals surface area contributed by atoms with E-state index in [1.807, 2.05) is 7.05 Å². The highest BCUT2D eigenvalue weighted by Crippen LogP contribution is 2.28. The van der Waals surface area contributed by atoms with Gasteiger partial charge in [-0.2, -0.15) is 5.10 Å². The third-order valence-corrected chi connectivity index (χ3v) is 4.51. The molecule has 0 radical (unpaired) electrons. The number of aromatic carboxylic acids is 1. The summed E-state index contributed by atoms with van der Waals surface area (Å²) >= 11 is 0. The first kappa shape index (κ1) is 13.4. The first-order chi connectivity index (χ1) is 9.58. The summed E-state index contributed by atoms with van der Waals surface area (Å²) in [5.74, 6) is -0.109. The van der Waals surface area contributed by atoms with Gasteiger partial charge in [0.15, 0.2) is 0 Å². The Bertz CT molecular complexity index is 525. The first-order valence-electron chi connectivity index (χ1n) is 7.34. The summed E-state index contributed by atoms with van der Waals surface area (Å²) < 4.78 is 1.73. The molecule has 2 saturated heterocycles. The number of anilines is 1. The third-order valence-electron chi connectivity index (χ3n) is 4.51. The van der Waals surface area contributed by atoms with Gasteiger partial charge in [-0.25, -0.2) is 4.79 Å². The molecule has 0 bridgehead atoms. The van der Waals surface area contributed by atoms with Crippen LogP contribution in [0.15, 0.2) is 0 Å². The zero-order valence-electron chi connectivity index (χ0n) is 12.2. The molecule has 1 N–H and O–H groups in total. The van der Waals surface area contributed by atoms with E-state index in [-0.39, 0.29) is 0 Å². The third kappa shape index (κ3) is 2.18. The molecule has 0 spiro atoms. The van der Waals surface area contributed by atoms with Gasteiger partial charge in [-0.1, -0.05) is 0 Å². The topological polar surface area (TPSA) is 61.6 Å². The van der Waals surface area contributed by atoms with Crippen LogP contribution in [0, 0.1) is 6.92 Å². The van der Waals surface area contributed by atoms with Gasteiger partial charge in [0.1, 0.15) is 11.4 Å². The highest BCUT2D eigenvalue weighted by atomic mass is 16.4. The summed E-state index contributed by atoms with van der Waals surface area (Å²) in [7, 11) is 1.84. The van der Waals surface area contributed by atoms with Crippen molar-refractivity contribution in [3.8, 4) is 0 Å². The molecule has 1 unspecified atom stereocenters. The minimum atomic E-state index is -0.877. The fourth-order valence-electron chi connectivity index (χ4n) is 3.66. The lowest BCUT2D eigenvalue weighted by atomic mass is 10.2. The number of rotatable bonds is 2. The van der Waals surface area contributed by atoms with Crippen molar-refractivity contribution in [2.24, 2.45) is 7.05 Å². The molecule has 110 valence electrons. The van der Waals surface area contributed by atoms with Crippen molar-refractivity contribution in [1.29, 1.82) is 0 Å². The molecule has 6 heteroatoms. The van der Waals surface area contributed by atoms with E-state index < -0.39 is 5.97 Å². The second kappa shape index (κ2) is 5.09. The van der Waals surface area contributed by atoms with Gasteiger partial charge in [0, 0.05) is 32.7 Å². The number of carboxylic acid groups (broad SMARTS) is 1. The lowest BCUT2D eigenvalue weighted by Crippen LogP contribution is -2.37. The molecule has 0 saturated carbocycles. The molecule has 0 aromatic carbocycles.